The highest BCUT2D eigenvalue weighted by molar-refractivity contribution is 5.91. The Labute approximate surface area is 110 Å². The minimum atomic E-state index is -0.455. The molecule has 1 saturated heterocycles. The molecule has 3 rings (SSSR count). The first-order chi connectivity index (χ1) is 9.17. The van der Waals surface area contributed by atoms with Gasteiger partial charge in [0.2, 0.25) is 0 Å². The van der Waals surface area contributed by atoms with Crippen LogP contribution in [0.2, 0.25) is 0 Å². The van der Waals surface area contributed by atoms with Gasteiger partial charge in [0.05, 0.1) is 12.6 Å². The Hall–Kier alpha value is -1.44. The van der Waals surface area contributed by atoms with E-state index in [2.05, 4.69) is 10.1 Å². The van der Waals surface area contributed by atoms with Crippen LogP contribution in [0.25, 0.3) is 0 Å². The predicted octanol–water partition coefficient (Wildman–Crippen LogP) is -0.519. The number of hydrogen-bond donors (Lipinski definition) is 3. The maximum atomic E-state index is 11.3. The molecule has 19 heavy (non-hydrogen) atoms. The summed E-state index contributed by atoms with van der Waals surface area (Å²) in [7, 11) is 0. The number of rotatable bonds is 3. The van der Waals surface area contributed by atoms with Gasteiger partial charge in [-0.15, -0.1) is 0 Å². The van der Waals surface area contributed by atoms with Crippen molar-refractivity contribution in [2.45, 2.75) is 25.5 Å². The number of amides is 1. The lowest BCUT2D eigenvalue weighted by Gasteiger charge is -2.15. The number of fused-ring (bicyclic) bond motifs is 1. The van der Waals surface area contributed by atoms with Crippen LogP contribution in [-0.4, -0.2) is 40.3 Å². The number of carbonyl (C=O) groups is 1. The maximum Gasteiger partial charge on any atom is 0.287 e. The Balaban J connectivity index is 1.61. The number of hydrazine groups is 1. The first-order valence-electron chi connectivity index (χ1n) is 6.54. The summed E-state index contributed by atoms with van der Waals surface area (Å²) >= 11 is 0. The molecule has 1 aliphatic carbocycles. The third-order valence-corrected chi connectivity index (χ3v) is 4.20. The molecule has 1 aromatic rings. The zero-order valence-corrected chi connectivity index (χ0v) is 10.6. The van der Waals surface area contributed by atoms with Gasteiger partial charge in [-0.2, -0.15) is 0 Å². The fourth-order valence-electron chi connectivity index (χ4n) is 3.25. The highest BCUT2D eigenvalue weighted by Gasteiger charge is 2.41. The number of nitrogen functional groups attached to an aromatic ring is 1. The van der Waals surface area contributed by atoms with E-state index >= 15 is 0 Å². The van der Waals surface area contributed by atoms with Gasteiger partial charge >= 0.3 is 0 Å². The van der Waals surface area contributed by atoms with E-state index in [9.17, 15) is 9.90 Å². The van der Waals surface area contributed by atoms with Crippen LogP contribution >= 0.6 is 0 Å². The predicted molar refractivity (Wildman–Crippen MR) is 65.7 cm³/mol. The summed E-state index contributed by atoms with van der Waals surface area (Å²) in [5.74, 6) is 6.20. The topological polar surface area (TPSA) is 105 Å². The second-order valence-electron chi connectivity index (χ2n) is 5.41. The number of likely N-dealkylation sites (tertiary alicyclic amines) is 1. The van der Waals surface area contributed by atoms with Gasteiger partial charge in [-0.05, 0) is 18.8 Å². The number of carbonyl (C=O) groups excluding carboxylic acids is 1. The van der Waals surface area contributed by atoms with Gasteiger partial charge in [0.15, 0.2) is 11.5 Å². The molecule has 1 aromatic heterocycles. The Morgan fingerprint density at radius 3 is 3.16 bits per heavy atom. The first-order valence-corrected chi connectivity index (χ1v) is 6.54. The molecular weight excluding hydrogens is 248 g/mol. The van der Waals surface area contributed by atoms with Crippen molar-refractivity contribution in [3.63, 3.8) is 0 Å². The smallest absolute Gasteiger partial charge is 0.287 e. The van der Waals surface area contributed by atoms with E-state index < -0.39 is 5.91 Å². The number of aliphatic hydroxyl groups is 1. The van der Waals surface area contributed by atoms with Gasteiger partial charge < -0.3 is 9.63 Å². The minimum Gasteiger partial charge on any atom is -0.393 e. The van der Waals surface area contributed by atoms with Gasteiger partial charge in [0.25, 0.3) is 5.91 Å². The Kier molecular flexibility index (Phi) is 3.26. The summed E-state index contributed by atoms with van der Waals surface area (Å²) in [6.45, 7) is 2.47. The van der Waals surface area contributed by atoms with E-state index in [1.807, 2.05) is 5.43 Å². The summed E-state index contributed by atoms with van der Waals surface area (Å²) in [5.41, 5.74) is 2.21. The van der Waals surface area contributed by atoms with Crippen LogP contribution in [-0.2, 0) is 6.54 Å². The number of nitrogens with one attached hydrogen (secondary N) is 1. The lowest BCUT2D eigenvalue weighted by Crippen LogP contribution is -2.30. The number of nitrogens with zero attached hydrogens (tertiary/aromatic N) is 2. The third-order valence-electron chi connectivity index (χ3n) is 4.20. The molecule has 0 bridgehead atoms. The highest BCUT2D eigenvalue weighted by Crippen LogP contribution is 2.38. The largest absolute Gasteiger partial charge is 0.393 e. The van der Waals surface area contributed by atoms with Crippen LogP contribution in [0.4, 0.5) is 0 Å². The maximum absolute atomic E-state index is 11.3. The molecule has 4 N–H and O–H groups in total. The zero-order chi connectivity index (χ0) is 13.4. The zero-order valence-electron chi connectivity index (χ0n) is 10.6. The van der Waals surface area contributed by atoms with Crippen molar-refractivity contribution in [2.75, 3.05) is 13.1 Å². The van der Waals surface area contributed by atoms with E-state index in [1.165, 1.54) is 0 Å². The molecule has 2 heterocycles. The van der Waals surface area contributed by atoms with Crippen molar-refractivity contribution >= 4 is 5.91 Å². The van der Waals surface area contributed by atoms with Gasteiger partial charge in [-0.3, -0.25) is 15.1 Å². The monoisotopic (exact) mass is 266 g/mol. The van der Waals surface area contributed by atoms with Crippen molar-refractivity contribution in [3.8, 4) is 0 Å². The van der Waals surface area contributed by atoms with Crippen molar-refractivity contribution in [1.82, 2.24) is 15.5 Å². The van der Waals surface area contributed by atoms with E-state index in [0.29, 0.717) is 24.1 Å². The number of hydrogen-bond acceptors (Lipinski definition) is 6. The molecule has 3 atom stereocenters. The van der Waals surface area contributed by atoms with Crippen LogP contribution < -0.4 is 11.3 Å². The van der Waals surface area contributed by atoms with Gasteiger partial charge in [-0.25, -0.2) is 5.84 Å². The van der Waals surface area contributed by atoms with Crippen LogP contribution in [0.1, 0.15) is 29.1 Å². The summed E-state index contributed by atoms with van der Waals surface area (Å²) in [5, 5.41) is 13.5. The van der Waals surface area contributed by atoms with E-state index in [1.54, 1.807) is 6.07 Å². The summed E-state index contributed by atoms with van der Waals surface area (Å²) < 4.78 is 5.13. The van der Waals surface area contributed by atoms with Crippen LogP contribution in [0.15, 0.2) is 10.6 Å². The number of aromatic nitrogens is 1. The molecule has 1 aliphatic heterocycles. The second kappa shape index (κ2) is 4.92. The minimum absolute atomic E-state index is 0.164. The standard InChI is InChI=1S/C12H18N4O3/c13-14-12(18)10-3-8(19-15-10)5-16-4-7-1-2-11(17)9(7)6-16/h3,7,9,11,17H,1-2,4-6,13H2,(H,14,18). The van der Waals surface area contributed by atoms with Gasteiger partial charge in [0.1, 0.15) is 0 Å². The normalized spacial score (nSPS) is 30.5. The molecule has 7 nitrogen and oxygen atoms in total. The molecule has 3 unspecified atom stereocenters. The molecule has 7 heteroatoms. The molecule has 1 amide bonds. The Bertz CT molecular complexity index is 475. The Morgan fingerprint density at radius 2 is 2.42 bits per heavy atom. The molecule has 104 valence electrons. The fourth-order valence-corrected chi connectivity index (χ4v) is 3.25. The number of aliphatic hydroxyl groups excluding tert-OH is 1. The van der Waals surface area contributed by atoms with Crippen molar-refractivity contribution < 1.29 is 14.4 Å². The van der Waals surface area contributed by atoms with Crippen LogP contribution in [0.5, 0.6) is 0 Å². The lowest BCUT2D eigenvalue weighted by molar-refractivity contribution is 0.0944. The number of nitrogens with two attached hydrogens (primary N) is 1. The van der Waals surface area contributed by atoms with Gasteiger partial charge in [-0.1, -0.05) is 5.16 Å². The molecule has 0 radical (unpaired) electrons. The first kappa shape index (κ1) is 12.6. The van der Waals surface area contributed by atoms with E-state index in [-0.39, 0.29) is 11.8 Å². The molecule has 2 fully saturated rings. The van der Waals surface area contributed by atoms with E-state index in [4.69, 9.17) is 10.4 Å². The quantitative estimate of drug-likeness (QED) is 0.386. The van der Waals surface area contributed by atoms with Crippen LogP contribution in [0, 0.1) is 11.8 Å². The fraction of sp³-hybridized carbons (Fsp3) is 0.667. The van der Waals surface area contributed by atoms with Crippen LogP contribution in [0.3, 0.4) is 0 Å². The van der Waals surface area contributed by atoms with Crippen molar-refractivity contribution in [1.29, 1.82) is 0 Å². The SMILES string of the molecule is NNC(=O)c1cc(CN2CC3CCC(O)C3C2)on1. The lowest BCUT2D eigenvalue weighted by atomic mass is 10.00. The summed E-state index contributed by atoms with van der Waals surface area (Å²) in [4.78, 5) is 13.5. The van der Waals surface area contributed by atoms with Crippen molar-refractivity contribution in [2.24, 2.45) is 17.7 Å². The third kappa shape index (κ3) is 2.36. The van der Waals surface area contributed by atoms with Gasteiger partial charge in [0, 0.05) is 25.1 Å². The average Bonchev–Trinajstić information content (AvgIpc) is 3.08. The van der Waals surface area contributed by atoms with E-state index in [0.717, 1.165) is 25.9 Å². The molecule has 0 aromatic carbocycles. The van der Waals surface area contributed by atoms with Crippen molar-refractivity contribution in [3.05, 3.63) is 17.5 Å². The highest BCUT2D eigenvalue weighted by atomic mass is 16.5. The summed E-state index contributed by atoms with van der Waals surface area (Å²) in [6.07, 6.45) is 1.86. The average molecular weight is 266 g/mol. The Morgan fingerprint density at radius 1 is 1.58 bits per heavy atom. The summed E-state index contributed by atoms with van der Waals surface area (Å²) in [6, 6.07) is 1.60. The molecule has 2 aliphatic rings. The molecule has 1 saturated carbocycles. The molecular formula is C12H18N4O3. The molecule has 0 spiro atoms. The second-order valence-corrected chi connectivity index (χ2v) is 5.41.